The average Bonchev–Trinajstić information content (AvgIpc) is 2.83. The molecule has 0 aliphatic heterocycles. The molecule has 33 heavy (non-hydrogen) atoms. The van der Waals surface area contributed by atoms with Crippen molar-refractivity contribution in [3.63, 3.8) is 0 Å². The molecule has 0 saturated heterocycles. The van der Waals surface area contributed by atoms with Gasteiger partial charge in [-0.05, 0) is 29.7 Å². The Kier molecular flexibility index (Phi) is 10.0. The molecule has 0 saturated carbocycles. The molecule has 0 aliphatic carbocycles. The average molecular weight is 483 g/mol. The molecule has 7 heteroatoms. The fourth-order valence-electron chi connectivity index (χ4n) is 3.34. The molecule has 1 N–H and O–H groups in total. The minimum absolute atomic E-state index is 0.0185. The maximum atomic E-state index is 12.3. The van der Waals surface area contributed by atoms with Crippen LogP contribution in [0.1, 0.15) is 54.1 Å². The molecule has 0 spiro atoms. The van der Waals surface area contributed by atoms with Gasteiger partial charge in [0.25, 0.3) is 5.91 Å². The third-order valence-electron chi connectivity index (χ3n) is 5.21. The Labute approximate surface area is 206 Å². The lowest BCUT2D eigenvalue weighted by Gasteiger charge is -2.19. The predicted molar refractivity (Wildman–Crippen MR) is 138 cm³/mol. The van der Waals surface area contributed by atoms with Crippen molar-refractivity contribution in [2.75, 3.05) is 18.5 Å². The maximum absolute atomic E-state index is 12.3. The van der Waals surface area contributed by atoms with Crippen molar-refractivity contribution in [3.05, 3.63) is 82.5 Å². The summed E-state index contributed by atoms with van der Waals surface area (Å²) in [5, 5.41) is 4.05. The van der Waals surface area contributed by atoms with Gasteiger partial charge in [0.15, 0.2) is 5.16 Å². The van der Waals surface area contributed by atoms with Gasteiger partial charge in [-0.25, -0.2) is 9.97 Å². The summed E-state index contributed by atoms with van der Waals surface area (Å²) in [7, 11) is 1.99. The molecule has 0 radical (unpaired) electrons. The molecule has 0 aliphatic rings. The molecule has 0 fully saturated rings. The van der Waals surface area contributed by atoms with Crippen molar-refractivity contribution in [1.82, 2.24) is 15.3 Å². The monoisotopic (exact) mass is 482 g/mol. The number of anilines is 1. The van der Waals surface area contributed by atoms with Crippen LogP contribution in [0, 0.1) is 0 Å². The highest BCUT2D eigenvalue weighted by Gasteiger charge is 2.10. The number of halogens is 1. The fourth-order valence-corrected chi connectivity index (χ4v) is 4.38. The van der Waals surface area contributed by atoms with Crippen molar-refractivity contribution < 1.29 is 4.79 Å². The molecule has 0 bridgehead atoms. The summed E-state index contributed by atoms with van der Waals surface area (Å²) in [5.41, 5.74) is 2.99. The van der Waals surface area contributed by atoms with Crippen molar-refractivity contribution >= 4 is 35.1 Å². The molecule has 1 heterocycles. The van der Waals surface area contributed by atoms with Crippen molar-refractivity contribution in [3.8, 4) is 0 Å². The number of amides is 1. The van der Waals surface area contributed by atoms with Crippen LogP contribution in [0.5, 0.6) is 0 Å². The van der Waals surface area contributed by atoms with Crippen LogP contribution in [0.4, 0.5) is 5.82 Å². The van der Waals surface area contributed by atoms with E-state index in [0.29, 0.717) is 21.6 Å². The lowest BCUT2D eigenvalue weighted by Crippen LogP contribution is -2.24. The topological polar surface area (TPSA) is 58.1 Å². The van der Waals surface area contributed by atoms with E-state index in [2.05, 4.69) is 39.2 Å². The molecule has 0 atom stereocenters. The molecular formula is C26H31ClN4OS. The number of carbonyl (C=O) groups is 1. The third kappa shape index (κ3) is 8.37. The van der Waals surface area contributed by atoms with Gasteiger partial charge in [-0.15, -0.1) is 0 Å². The Hall–Kier alpha value is -2.57. The van der Waals surface area contributed by atoms with Crippen LogP contribution in [0.15, 0.2) is 65.8 Å². The standard InChI is InChI=1S/C26H31ClN4OS/c1-3-4-5-9-16-28-25(32)22-14-12-21(13-15-22)19-33-26-29-23(27)17-24(30-26)31(2)18-20-10-7-6-8-11-20/h6-8,10-15,17H,3-5,9,16,18-19H2,1-2H3,(H,28,32). The van der Waals surface area contributed by atoms with Crippen LogP contribution in [0.2, 0.25) is 5.15 Å². The number of aromatic nitrogens is 2. The molecule has 3 rings (SSSR count). The van der Waals surface area contributed by atoms with Crippen LogP contribution in [-0.2, 0) is 12.3 Å². The zero-order valence-electron chi connectivity index (χ0n) is 19.3. The van der Waals surface area contributed by atoms with E-state index < -0.39 is 0 Å². The fraction of sp³-hybridized carbons (Fsp3) is 0.346. The number of rotatable bonds is 12. The highest BCUT2D eigenvalue weighted by Crippen LogP contribution is 2.25. The summed E-state index contributed by atoms with van der Waals surface area (Å²) >= 11 is 7.80. The Morgan fingerprint density at radius 1 is 1.00 bits per heavy atom. The SMILES string of the molecule is CCCCCCNC(=O)c1ccc(CSc2nc(Cl)cc(N(C)Cc3ccccc3)n2)cc1. The maximum Gasteiger partial charge on any atom is 0.251 e. The summed E-state index contributed by atoms with van der Waals surface area (Å²) in [6.07, 6.45) is 4.58. The third-order valence-corrected chi connectivity index (χ3v) is 6.33. The largest absolute Gasteiger partial charge is 0.355 e. The second kappa shape index (κ2) is 13.2. The summed E-state index contributed by atoms with van der Waals surface area (Å²) in [6, 6.07) is 19.7. The van der Waals surface area contributed by atoms with Crippen molar-refractivity contribution in [1.29, 1.82) is 0 Å². The summed E-state index contributed by atoms with van der Waals surface area (Å²) in [6.45, 7) is 3.64. The number of benzene rings is 2. The number of unbranched alkanes of at least 4 members (excludes halogenated alkanes) is 3. The first-order chi connectivity index (χ1) is 16.0. The number of hydrogen-bond donors (Lipinski definition) is 1. The lowest BCUT2D eigenvalue weighted by atomic mass is 10.1. The predicted octanol–water partition coefficient (Wildman–Crippen LogP) is 6.37. The quantitative estimate of drug-likeness (QED) is 0.141. The van der Waals surface area contributed by atoms with Crippen LogP contribution >= 0.6 is 23.4 Å². The zero-order valence-corrected chi connectivity index (χ0v) is 20.8. The molecule has 1 amide bonds. The van der Waals surface area contributed by atoms with E-state index in [1.807, 2.05) is 49.5 Å². The number of thioether (sulfide) groups is 1. The minimum atomic E-state index is -0.0185. The van der Waals surface area contributed by atoms with Gasteiger partial charge in [0.05, 0.1) is 0 Å². The van der Waals surface area contributed by atoms with E-state index in [-0.39, 0.29) is 5.91 Å². The summed E-state index contributed by atoms with van der Waals surface area (Å²) in [4.78, 5) is 23.4. The second-order valence-corrected chi connectivity index (χ2v) is 9.31. The minimum Gasteiger partial charge on any atom is -0.355 e. The van der Waals surface area contributed by atoms with E-state index in [0.717, 1.165) is 37.3 Å². The van der Waals surface area contributed by atoms with Crippen LogP contribution in [0.25, 0.3) is 0 Å². The van der Waals surface area contributed by atoms with Gasteiger partial charge < -0.3 is 10.2 Å². The molecular weight excluding hydrogens is 452 g/mol. The molecule has 0 unspecified atom stereocenters. The van der Waals surface area contributed by atoms with E-state index >= 15 is 0 Å². The highest BCUT2D eigenvalue weighted by atomic mass is 35.5. The molecule has 174 valence electrons. The van der Waals surface area contributed by atoms with Gasteiger partial charge in [0.1, 0.15) is 11.0 Å². The lowest BCUT2D eigenvalue weighted by molar-refractivity contribution is 0.0953. The first-order valence-corrected chi connectivity index (χ1v) is 12.7. The Morgan fingerprint density at radius 3 is 2.48 bits per heavy atom. The normalized spacial score (nSPS) is 10.8. The van der Waals surface area contributed by atoms with Crippen LogP contribution in [-0.4, -0.2) is 29.5 Å². The number of nitrogens with one attached hydrogen (secondary N) is 1. The molecule has 3 aromatic rings. The van der Waals surface area contributed by atoms with E-state index in [9.17, 15) is 4.79 Å². The van der Waals surface area contributed by atoms with Crippen LogP contribution in [0.3, 0.4) is 0 Å². The van der Waals surface area contributed by atoms with Gasteiger partial charge in [-0.3, -0.25) is 4.79 Å². The summed E-state index contributed by atoms with van der Waals surface area (Å²) < 4.78 is 0. The number of carbonyl (C=O) groups excluding carboxylic acids is 1. The molecule has 5 nitrogen and oxygen atoms in total. The Balaban J connectivity index is 1.53. The van der Waals surface area contributed by atoms with E-state index in [1.165, 1.54) is 30.2 Å². The first-order valence-electron chi connectivity index (χ1n) is 11.3. The molecule has 1 aromatic heterocycles. The van der Waals surface area contributed by atoms with Gasteiger partial charge >= 0.3 is 0 Å². The van der Waals surface area contributed by atoms with E-state index in [1.54, 1.807) is 6.07 Å². The Bertz CT molecular complexity index is 1010. The highest BCUT2D eigenvalue weighted by molar-refractivity contribution is 7.98. The van der Waals surface area contributed by atoms with E-state index in [4.69, 9.17) is 11.6 Å². The van der Waals surface area contributed by atoms with Gasteiger partial charge in [0.2, 0.25) is 0 Å². The Morgan fingerprint density at radius 2 is 1.76 bits per heavy atom. The van der Waals surface area contributed by atoms with Gasteiger partial charge in [-0.1, -0.05) is 92.0 Å². The van der Waals surface area contributed by atoms with Crippen LogP contribution < -0.4 is 10.2 Å². The van der Waals surface area contributed by atoms with Gasteiger partial charge in [0, 0.05) is 37.5 Å². The zero-order chi connectivity index (χ0) is 23.5. The molecule has 2 aromatic carbocycles. The van der Waals surface area contributed by atoms with Gasteiger partial charge in [-0.2, -0.15) is 0 Å². The van der Waals surface area contributed by atoms with Crippen molar-refractivity contribution in [2.45, 2.75) is 50.1 Å². The van der Waals surface area contributed by atoms with Crippen molar-refractivity contribution in [2.24, 2.45) is 0 Å². The number of nitrogens with zero attached hydrogens (tertiary/aromatic N) is 3. The smallest absolute Gasteiger partial charge is 0.251 e. The number of hydrogen-bond acceptors (Lipinski definition) is 5. The first kappa shape index (κ1) is 25.1. The second-order valence-electron chi connectivity index (χ2n) is 7.98. The summed E-state index contributed by atoms with van der Waals surface area (Å²) in [5.74, 6) is 1.46.